The standard InChI is InChI=1S/C12H23N2O3PS2/c1-6-9-19-18(15,16-8-3)17-14-11-10(4)13-12(5,7-2)20-11/h6-9H2,1-5H3. The number of rotatable bonds is 8. The summed E-state index contributed by atoms with van der Waals surface area (Å²) in [6, 6.07) is 0. The molecule has 116 valence electrons. The van der Waals surface area contributed by atoms with Gasteiger partial charge in [-0.05, 0) is 45.0 Å². The largest absolute Gasteiger partial charge is 0.459 e. The van der Waals surface area contributed by atoms with Crippen LogP contribution in [-0.4, -0.2) is 28.0 Å². The van der Waals surface area contributed by atoms with Gasteiger partial charge in [-0.1, -0.05) is 30.8 Å². The van der Waals surface area contributed by atoms with Crippen LogP contribution in [0.4, 0.5) is 0 Å². The highest BCUT2D eigenvalue weighted by atomic mass is 32.7. The minimum atomic E-state index is -3.20. The van der Waals surface area contributed by atoms with Crippen molar-refractivity contribution in [2.75, 3.05) is 12.4 Å². The van der Waals surface area contributed by atoms with Crippen LogP contribution in [0, 0.1) is 0 Å². The average molecular weight is 338 g/mol. The Hall–Kier alpha value is 0.0300. The van der Waals surface area contributed by atoms with Gasteiger partial charge in [-0.3, -0.25) is 9.52 Å². The van der Waals surface area contributed by atoms with Crippen LogP contribution in [-0.2, 0) is 13.7 Å². The van der Waals surface area contributed by atoms with Crippen LogP contribution in [0.3, 0.4) is 0 Å². The van der Waals surface area contributed by atoms with Crippen molar-refractivity contribution in [1.82, 2.24) is 0 Å². The molecule has 1 aliphatic rings. The Morgan fingerprint density at radius 3 is 2.65 bits per heavy atom. The fourth-order valence-corrected chi connectivity index (χ4v) is 5.62. The first-order valence-corrected chi connectivity index (χ1v) is 10.7. The van der Waals surface area contributed by atoms with Crippen molar-refractivity contribution < 1.29 is 13.7 Å². The lowest BCUT2D eigenvalue weighted by atomic mass is 10.2. The molecule has 0 aromatic heterocycles. The van der Waals surface area contributed by atoms with E-state index in [4.69, 9.17) is 9.15 Å². The lowest BCUT2D eigenvalue weighted by Crippen LogP contribution is -2.11. The molecule has 20 heavy (non-hydrogen) atoms. The Labute approximate surface area is 129 Å². The first kappa shape index (κ1) is 18.1. The van der Waals surface area contributed by atoms with E-state index in [-0.39, 0.29) is 4.87 Å². The fraction of sp³-hybridized carbons (Fsp3) is 0.833. The van der Waals surface area contributed by atoms with Crippen LogP contribution in [0.1, 0.15) is 47.5 Å². The van der Waals surface area contributed by atoms with Crippen molar-refractivity contribution in [2.45, 2.75) is 52.3 Å². The molecule has 0 aliphatic carbocycles. The highest BCUT2D eigenvalue weighted by molar-refractivity contribution is 8.55. The van der Waals surface area contributed by atoms with E-state index in [1.165, 1.54) is 23.1 Å². The normalized spacial score (nSPS) is 27.4. The number of hydrogen-bond donors (Lipinski definition) is 0. The maximum atomic E-state index is 12.4. The van der Waals surface area contributed by atoms with Crippen LogP contribution >= 0.6 is 29.9 Å². The average Bonchev–Trinajstić information content (AvgIpc) is 2.70. The molecule has 1 heterocycles. The molecule has 0 bridgehead atoms. The van der Waals surface area contributed by atoms with E-state index in [1.807, 2.05) is 13.8 Å². The molecule has 0 spiro atoms. The van der Waals surface area contributed by atoms with E-state index in [1.54, 1.807) is 6.92 Å². The van der Waals surface area contributed by atoms with Gasteiger partial charge in [-0.2, -0.15) is 0 Å². The zero-order valence-electron chi connectivity index (χ0n) is 12.7. The lowest BCUT2D eigenvalue weighted by Gasteiger charge is -2.16. The van der Waals surface area contributed by atoms with Gasteiger partial charge in [0, 0.05) is 5.75 Å². The van der Waals surface area contributed by atoms with Gasteiger partial charge in [0.1, 0.15) is 4.87 Å². The molecule has 1 aliphatic heterocycles. The zero-order valence-corrected chi connectivity index (χ0v) is 15.2. The summed E-state index contributed by atoms with van der Waals surface area (Å²) in [4.78, 5) is 4.36. The molecular formula is C12H23N2O3PS2. The minimum Gasteiger partial charge on any atom is -0.304 e. The Balaban J connectivity index is 2.75. The third-order valence-corrected chi connectivity index (χ3v) is 7.81. The number of oxime groups is 1. The smallest absolute Gasteiger partial charge is 0.304 e. The zero-order chi connectivity index (χ0) is 15.2. The van der Waals surface area contributed by atoms with Crippen LogP contribution in [0.15, 0.2) is 10.1 Å². The molecule has 0 saturated heterocycles. The van der Waals surface area contributed by atoms with E-state index in [0.29, 0.717) is 11.7 Å². The maximum absolute atomic E-state index is 12.4. The van der Waals surface area contributed by atoms with Crippen molar-refractivity contribution in [2.24, 2.45) is 10.1 Å². The van der Waals surface area contributed by atoms with Gasteiger partial charge in [0.15, 0.2) is 5.04 Å². The second-order valence-electron chi connectivity index (χ2n) is 4.50. The predicted molar refractivity (Wildman–Crippen MR) is 89.9 cm³/mol. The topological polar surface area (TPSA) is 60.2 Å². The van der Waals surface area contributed by atoms with Crippen LogP contribution < -0.4 is 0 Å². The van der Waals surface area contributed by atoms with Gasteiger partial charge < -0.3 is 4.62 Å². The molecule has 2 atom stereocenters. The molecule has 0 aromatic carbocycles. The molecule has 5 nitrogen and oxygen atoms in total. The molecular weight excluding hydrogens is 315 g/mol. The summed E-state index contributed by atoms with van der Waals surface area (Å²) < 4.78 is 22.9. The summed E-state index contributed by atoms with van der Waals surface area (Å²) in [7, 11) is 0. The van der Waals surface area contributed by atoms with E-state index in [2.05, 4.69) is 24.0 Å². The Kier molecular flexibility index (Phi) is 7.12. The van der Waals surface area contributed by atoms with Crippen molar-refractivity contribution >= 4 is 40.7 Å². The second kappa shape index (κ2) is 7.87. The molecule has 0 aromatic rings. The summed E-state index contributed by atoms with van der Waals surface area (Å²) >= 11 is 2.73. The van der Waals surface area contributed by atoms with Gasteiger partial charge in [-0.15, -0.1) is 0 Å². The Bertz CT molecular complexity index is 442. The van der Waals surface area contributed by atoms with Gasteiger partial charge in [0.25, 0.3) is 0 Å². The summed E-state index contributed by atoms with van der Waals surface area (Å²) in [6.07, 6.45) is 1.81. The first-order valence-electron chi connectivity index (χ1n) is 6.79. The molecule has 8 heteroatoms. The fourth-order valence-electron chi connectivity index (χ4n) is 1.48. The number of nitrogens with zero attached hydrogens (tertiary/aromatic N) is 2. The lowest BCUT2D eigenvalue weighted by molar-refractivity contribution is 0.237. The van der Waals surface area contributed by atoms with Crippen molar-refractivity contribution in [1.29, 1.82) is 0 Å². The van der Waals surface area contributed by atoms with E-state index in [0.717, 1.165) is 24.3 Å². The van der Waals surface area contributed by atoms with Crippen molar-refractivity contribution in [3.05, 3.63) is 0 Å². The van der Waals surface area contributed by atoms with Crippen molar-refractivity contribution in [3.63, 3.8) is 0 Å². The van der Waals surface area contributed by atoms with Crippen LogP contribution in [0.2, 0.25) is 0 Å². The van der Waals surface area contributed by atoms with Gasteiger partial charge in [0.05, 0.1) is 12.3 Å². The van der Waals surface area contributed by atoms with Gasteiger partial charge in [-0.25, -0.2) is 4.57 Å². The monoisotopic (exact) mass is 338 g/mol. The summed E-state index contributed by atoms with van der Waals surface area (Å²) in [5.74, 6) is 0.717. The van der Waals surface area contributed by atoms with Gasteiger partial charge in [0.2, 0.25) is 0 Å². The van der Waals surface area contributed by atoms with Gasteiger partial charge >= 0.3 is 6.80 Å². The number of thioether (sulfide) groups is 1. The van der Waals surface area contributed by atoms with E-state index in [9.17, 15) is 4.57 Å². The molecule has 0 radical (unpaired) electrons. The SMILES string of the molecule is CCCSP(=O)(OCC)ON=C1SC(C)(CC)N=C1C. The summed E-state index contributed by atoms with van der Waals surface area (Å²) in [5, 5.41) is 4.72. The third-order valence-electron chi connectivity index (χ3n) is 2.65. The molecule has 0 N–H and O–H groups in total. The quantitative estimate of drug-likeness (QED) is 0.463. The second-order valence-corrected chi connectivity index (χ2v) is 10.1. The molecule has 0 amide bonds. The van der Waals surface area contributed by atoms with Crippen LogP contribution in [0.5, 0.6) is 0 Å². The molecule has 2 unspecified atom stereocenters. The van der Waals surface area contributed by atoms with E-state index >= 15 is 0 Å². The third kappa shape index (κ3) is 5.10. The van der Waals surface area contributed by atoms with E-state index < -0.39 is 6.80 Å². The predicted octanol–water partition coefficient (Wildman–Crippen LogP) is 4.94. The summed E-state index contributed by atoms with van der Waals surface area (Å²) in [5.41, 5.74) is 0.822. The summed E-state index contributed by atoms with van der Waals surface area (Å²) in [6.45, 7) is 6.97. The highest BCUT2D eigenvalue weighted by Crippen LogP contribution is 2.61. The highest BCUT2D eigenvalue weighted by Gasteiger charge is 2.34. The van der Waals surface area contributed by atoms with Crippen LogP contribution in [0.25, 0.3) is 0 Å². The number of aliphatic imine (C=N–C) groups is 1. The molecule has 0 saturated carbocycles. The van der Waals surface area contributed by atoms with Crippen molar-refractivity contribution in [3.8, 4) is 0 Å². The minimum absolute atomic E-state index is 0.196. The Morgan fingerprint density at radius 1 is 1.45 bits per heavy atom. The Morgan fingerprint density at radius 2 is 2.15 bits per heavy atom. The molecule has 0 fully saturated rings. The molecule has 1 rings (SSSR count). The first-order chi connectivity index (χ1) is 9.38. The maximum Gasteiger partial charge on any atom is 0.459 e. The number of hydrogen-bond acceptors (Lipinski definition) is 7.